The van der Waals surface area contributed by atoms with Crippen molar-refractivity contribution in [1.29, 1.82) is 0 Å². The number of carboxylic acids is 1. The monoisotopic (exact) mass is 214 g/mol. The van der Waals surface area contributed by atoms with Crippen molar-refractivity contribution in [3.05, 3.63) is 47.7 Å². The van der Waals surface area contributed by atoms with Crippen molar-refractivity contribution in [1.82, 2.24) is 10.2 Å². The largest absolute Gasteiger partial charge is 0.478 e. The topological polar surface area (TPSA) is 63.1 Å². The van der Waals surface area contributed by atoms with Gasteiger partial charge in [-0.25, -0.2) is 4.79 Å². The first-order valence-electron chi connectivity index (χ1n) is 4.80. The van der Waals surface area contributed by atoms with Gasteiger partial charge in [-0.15, -0.1) is 0 Å². The summed E-state index contributed by atoms with van der Waals surface area (Å²) in [6.45, 7) is 1.97. The molecule has 0 unspecified atom stereocenters. The highest BCUT2D eigenvalue weighted by atomic mass is 16.4. The Kier molecular flexibility index (Phi) is 2.64. The minimum atomic E-state index is -0.996. The molecular formula is C12H10N2O2. The van der Waals surface area contributed by atoms with Gasteiger partial charge in [0.1, 0.15) is 0 Å². The molecule has 1 N–H and O–H groups in total. The summed E-state index contributed by atoms with van der Waals surface area (Å²) in [5.41, 5.74) is 2.69. The molecule has 2 rings (SSSR count). The molecule has 1 aromatic heterocycles. The van der Waals surface area contributed by atoms with E-state index in [-0.39, 0.29) is 5.56 Å². The van der Waals surface area contributed by atoms with Crippen LogP contribution in [0.2, 0.25) is 0 Å². The third-order valence-electron chi connectivity index (χ3n) is 2.22. The lowest BCUT2D eigenvalue weighted by Gasteiger charge is -2.01. The molecule has 4 heteroatoms. The lowest BCUT2D eigenvalue weighted by molar-refractivity contribution is 0.0696. The van der Waals surface area contributed by atoms with E-state index in [0.717, 1.165) is 11.1 Å². The predicted molar refractivity (Wildman–Crippen MR) is 59.2 cm³/mol. The van der Waals surface area contributed by atoms with Crippen LogP contribution < -0.4 is 0 Å². The standard InChI is InChI=1S/C12H10N2O2/c1-8-3-2-4-9(5-8)11-6-10(12(15)16)7-13-14-11/h2-7H,1H3,(H,15,16). The number of carboxylic acid groups (broad SMARTS) is 1. The van der Waals surface area contributed by atoms with Crippen LogP contribution >= 0.6 is 0 Å². The van der Waals surface area contributed by atoms with Gasteiger partial charge in [-0.3, -0.25) is 0 Å². The van der Waals surface area contributed by atoms with Gasteiger partial charge in [0.25, 0.3) is 0 Å². The fourth-order valence-electron chi connectivity index (χ4n) is 1.43. The highest BCUT2D eigenvalue weighted by Gasteiger charge is 2.06. The van der Waals surface area contributed by atoms with E-state index in [1.165, 1.54) is 12.3 Å². The molecule has 0 aliphatic carbocycles. The molecule has 16 heavy (non-hydrogen) atoms. The lowest BCUT2D eigenvalue weighted by Crippen LogP contribution is -1.99. The van der Waals surface area contributed by atoms with Gasteiger partial charge in [0.2, 0.25) is 0 Å². The Hall–Kier alpha value is -2.23. The summed E-state index contributed by atoms with van der Waals surface area (Å²) in [6, 6.07) is 9.21. The molecule has 4 nitrogen and oxygen atoms in total. The molecule has 0 atom stereocenters. The summed E-state index contributed by atoms with van der Waals surface area (Å²) in [4.78, 5) is 10.8. The summed E-state index contributed by atoms with van der Waals surface area (Å²) >= 11 is 0. The molecular weight excluding hydrogens is 204 g/mol. The maximum absolute atomic E-state index is 10.8. The Bertz CT molecular complexity index is 538. The van der Waals surface area contributed by atoms with Gasteiger partial charge in [-0.2, -0.15) is 10.2 Å². The minimum absolute atomic E-state index is 0.145. The zero-order valence-electron chi connectivity index (χ0n) is 8.71. The molecule has 0 fully saturated rings. The normalized spacial score (nSPS) is 10.1. The summed E-state index contributed by atoms with van der Waals surface area (Å²) in [5.74, 6) is -0.996. The van der Waals surface area contributed by atoms with Crippen molar-refractivity contribution < 1.29 is 9.90 Å². The van der Waals surface area contributed by atoms with Gasteiger partial charge >= 0.3 is 5.97 Å². The molecule has 0 radical (unpaired) electrons. The van der Waals surface area contributed by atoms with Crippen LogP contribution in [0.15, 0.2) is 36.5 Å². The van der Waals surface area contributed by atoms with E-state index in [1.54, 1.807) is 0 Å². The maximum Gasteiger partial charge on any atom is 0.337 e. The van der Waals surface area contributed by atoms with Gasteiger partial charge in [0, 0.05) is 5.56 Å². The van der Waals surface area contributed by atoms with E-state index >= 15 is 0 Å². The number of nitrogens with zero attached hydrogens (tertiary/aromatic N) is 2. The number of benzene rings is 1. The second kappa shape index (κ2) is 4.10. The minimum Gasteiger partial charge on any atom is -0.478 e. The fraction of sp³-hybridized carbons (Fsp3) is 0.0833. The average Bonchev–Trinajstić information content (AvgIpc) is 2.29. The zero-order chi connectivity index (χ0) is 11.5. The van der Waals surface area contributed by atoms with Crippen LogP contribution in [-0.4, -0.2) is 21.3 Å². The first-order valence-corrected chi connectivity index (χ1v) is 4.80. The number of rotatable bonds is 2. The SMILES string of the molecule is Cc1cccc(-c2cc(C(=O)O)cnn2)c1. The van der Waals surface area contributed by atoms with E-state index in [9.17, 15) is 4.79 Å². The second-order valence-electron chi connectivity index (χ2n) is 3.50. The third-order valence-corrected chi connectivity index (χ3v) is 2.22. The molecule has 0 amide bonds. The van der Waals surface area contributed by atoms with Gasteiger partial charge in [0.05, 0.1) is 17.5 Å². The molecule has 1 aromatic carbocycles. The van der Waals surface area contributed by atoms with E-state index in [4.69, 9.17) is 5.11 Å². The summed E-state index contributed by atoms with van der Waals surface area (Å²) in [7, 11) is 0. The van der Waals surface area contributed by atoms with E-state index in [2.05, 4.69) is 10.2 Å². The number of hydrogen-bond donors (Lipinski definition) is 1. The van der Waals surface area contributed by atoms with Gasteiger partial charge in [-0.1, -0.05) is 23.8 Å². The number of carbonyl (C=O) groups is 1. The van der Waals surface area contributed by atoms with Gasteiger partial charge < -0.3 is 5.11 Å². The highest BCUT2D eigenvalue weighted by Crippen LogP contribution is 2.18. The van der Waals surface area contributed by atoms with Crippen LogP contribution in [-0.2, 0) is 0 Å². The van der Waals surface area contributed by atoms with E-state index in [0.29, 0.717) is 5.69 Å². The lowest BCUT2D eigenvalue weighted by atomic mass is 10.1. The van der Waals surface area contributed by atoms with Crippen LogP contribution in [0.1, 0.15) is 15.9 Å². The Labute approximate surface area is 92.6 Å². The molecule has 0 saturated heterocycles. The van der Waals surface area contributed by atoms with Crippen LogP contribution in [0, 0.1) is 6.92 Å². The quantitative estimate of drug-likeness (QED) is 0.831. The smallest absolute Gasteiger partial charge is 0.337 e. The molecule has 0 bridgehead atoms. The Morgan fingerprint density at radius 2 is 2.12 bits per heavy atom. The predicted octanol–water partition coefficient (Wildman–Crippen LogP) is 2.15. The Morgan fingerprint density at radius 1 is 1.31 bits per heavy atom. The summed E-state index contributed by atoms with van der Waals surface area (Å²) in [5, 5.41) is 16.4. The van der Waals surface area contributed by atoms with Crippen molar-refractivity contribution in [2.45, 2.75) is 6.92 Å². The third kappa shape index (κ3) is 2.06. The van der Waals surface area contributed by atoms with Crippen molar-refractivity contribution in [2.75, 3.05) is 0 Å². The number of aryl methyl sites for hydroxylation is 1. The molecule has 2 aromatic rings. The first kappa shape index (κ1) is 10.3. The number of aromatic nitrogens is 2. The van der Waals surface area contributed by atoms with Gasteiger partial charge in [0.15, 0.2) is 0 Å². The number of hydrogen-bond acceptors (Lipinski definition) is 3. The first-order chi connectivity index (χ1) is 7.66. The fourth-order valence-corrected chi connectivity index (χ4v) is 1.43. The highest BCUT2D eigenvalue weighted by molar-refractivity contribution is 5.88. The molecule has 0 spiro atoms. The van der Waals surface area contributed by atoms with Crippen molar-refractivity contribution in [3.8, 4) is 11.3 Å². The second-order valence-corrected chi connectivity index (χ2v) is 3.50. The molecule has 1 heterocycles. The van der Waals surface area contributed by atoms with Crippen LogP contribution in [0.3, 0.4) is 0 Å². The van der Waals surface area contributed by atoms with Crippen LogP contribution in [0.4, 0.5) is 0 Å². The van der Waals surface area contributed by atoms with Crippen LogP contribution in [0.25, 0.3) is 11.3 Å². The van der Waals surface area contributed by atoms with Gasteiger partial charge in [-0.05, 0) is 19.1 Å². The van der Waals surface area contributed by atoms with Crippen molar-refractivity contribution in [2.24, 2.45) is 0 Å². The van der Waals surface area contributed by atoms with Crippen molar-refractivity contribution >= 4 is 5.97 Å². The Balaban J connectivity index is 2.48. The number of aromatic carboxylic acids is 1. The van der Waals surface area contributed by atoms with Crippen LogP contribution in [0.5, 0.6) is 0 Å². The molecule has 0 aliphatic heterocycles. The average molecular weight is 214 g/mol. The summed E-state index contributed by atoms with van der Waals surface area (Å²) in [6.07, 6.45) is 1.24. The zero-order valence-corrected chi connectivity index (χ0v) is 8.71. The Morgan fingerprint density at radius 3 is 2.81 bits per heavy atom. The van der Waals surface area contributed by atoms with E-state index < -0.39 is 5.97 Å². The molecule has 80 valence electrons. The van der Waals surface area contributed by atoms with Crippen molar-refractivity contribution in [3.63, 3.8) is 0 Å². The van der Waals surface area contributed by atoms with E-state index in [1.807, 2.05) is 31.2 Å². The maximum atomic E-state index is 10.8. The summed E-state index contributed by atoms with van der Waals surface area (Å²) < 4.78 is 0. The molecule has 0 saturated carbocycles. The molecule has 0 aliphatic rings.